The van der Waals surface area contributed by atoms with Crippen molar-refractivity contribution < 1.29 is 0 Å². The number of aromatic nitrogens is 1. The van der Waals surface area contributed by atoms with Crippen molar-refractivity contribution in [3.63, 3.8) is 0 Å². The standard InChI is InChI=1S/C13H19ClN2/c1-2-11-5-4-9-16(10-8-11)13-7-3-6-12(14)15-13/h3,6-7,11H,2,4-5,8-10H2,1H3. The van der Waals surface area contributed by atoms with E-state index in [0.717, 1.165) is 24.8 Å². The van der Waals surface area contributed by atoms with Gasteiger partial charge in [-0.3, -0.25) is 0 Å². The summed E-state index contributed by atoms with van der Waals surface area (Å²) in [5.74, 6) is 1.92. The maximum absolute atomic E-state index is 5.92. The van der Waals surface area contributed by atoms with E-state index in [1.165, 1.54) is 25.7 Å². The molecule has 1 aromatic heterocycles. The van der Waals surface area contributed by atoms with E-state index in [0.29, 0.717) is 5.15 Å². The molecule has 2 rings (SSSR count). The zero-order chi connectivity index (χ0) is 11.4. The molecule has 0 aliphatic carbocycles. The van der Waals surface area contributed by atoms with Gasteiger partial charge in [0.05, 0.1) is 0 Å². The van der Waals surface area contributed by atoms with Crippen LogP contribution in [0, 0.1) is 5.92 Å². The summed E-state index contributed by atoms with van der Waals surface area (Å²) in [7, 11) is 0. The topological polar surface area (TPSA) is 16.1 Å². The molecule has 88 valence electrons. The number of hydrogen-bond donors (Lipinski definition) is 0. The number of rotatable bonds is 2. The highest BCUT2D eigenvalue weighted by Gasteiger charge is 2.16. The maximum atomic E-state index is 5.92. The van der Waals surface area contributed by atoms with Gasteiger partial charge >= 0.3 is 0 Å². The lowest BCUT2D eigenvalue weighted by Crippen LogP contribution is -2.25. The van der Waals surface area contributed by atoms with Crippen LogP contribution in [0.5, 0.6) is 0 Å². The Bertz CT molecular complexity index is 340. The first-order valence-electron chi connectivity index (χ1n) is 6.17. The molecular weight excluding hydrogens is 220 g/mol. The van der Waals surface area contributed by atoms with Gasteiger partial charge in [-0.1, -0.05) is 31.0 Å². The van der Waals surface area contributed by atoms with Crippen LogP contribution >= 0.6 is 11.6 Å². The van der Waals surface area contributed by atoms with E-state index in [-0.39, 0.29) is 0 Å². The van der Waals surface area contributed by atoms with Gasteiger partial charge in [-0.2, -0.15) is 0 Å². The van der Waals surface area contributed by atoms with Gasteiger partial charge < -0.3 is 4.90 Å². The molecule has 16 heavy (non-hydrogen) atoms. The van der Waals surface area contributed by atoms with Crippen molar-refractivity contribution in [2.75, 3.05) is 18.0 Å². The van der Waals surface area contributed by atoms with E-state index in [9.17, 15) is 0 Å². The van der Waals surface area contributed by atoms with Crippen molar-refractivity contribution in [1.82, 2.24) is 4.98 Å². The summed E-state index contributed by atoms with van der Waals surface area (Å²) in [5, 5.41) is 0.591. The Hall–Kier alpha value is -0.760. The van der Waals surface area contributed by atoms with Crippen molar-refractivity contribution in [2.45, 2.75) is 32.6 Å². The second-order valence-corrected chi connectivity index (χ2v) is 4.90. The Labute approximate surface area is 103 Å². The Morgan fingerprint density at radius 1 is 1.38 bits per heavy atom. The molecule has 0 amide bonds. The van der Waals surface area contributed by atoms with Gasteiger partial charge in [-0.05, 0) is 37.3 Å². The molecule has 0 aromatic carbocycles. The SMILES string of the molecule is CCC1CCCN(c2cccc(Cl)n2)CC1. The number of anilines is 1. The summed E-state index contributed by atoms with van der Waals surface area (Å²) in [5.41, 5.74) is 0. The third-order valence-electron chi connectivity index (χ3n) is 3.45. The molecule has 1 aliphatic rings. The van der Waals surface area contributed by atoms with Crippen LogP contribution in [-0.4, -0.2) is 18.1 Å². The summed E-state index contributed by atoms with van der Waals surface area (Å²) in [6, 6.07) is 5.86. The molecule has 1 atom stereocenters. The van der Waals surface area contributed by atoms with E-state index in [2.05, 4.69) is 22.9 Å². The molecule has 2 nitrogen and oxygen atoms in total. The molecule has 3 heteroatoms. The molecule has 1 fully saturated rings. The normalized spacial score (nSPS) is 21.9. The minimum Gasteiger partial charge on any atom is -0.357 e. The fourth-order valence-electron chi connectivity index (χ4n) is 2.38. The van der Waals surface area contributed by atoms with Gasteiger partial charge in [-0.15, -0.1) is 0 Å². The second-order valence-electron chi connectivity index (χ2n) is 4.51. The molecule has 0 bridgehead atoms. The van der Waals surface area contributed by atoms with Gasteiger partial charge in [0.25, 0.3) is 0 Å². The number of hydrogen-bond acceptors (Lipinski definition) is 2. The smallest absolute Gasteiger partial charge is 0.131 e. The fraction of sp³-hybridized carbons (Fsp3) is 0.615. The lowest BCUT2D eigenvalue weighted by molar-refractivity contribution is 0.459. The average molecular weight is 239 g/mol. The van der Waals surface area contributed by atoms with Gasteiger partial charge in [0, 0.05) is 13.1 Å². The average Bonchev–Trinajstić information content (AvgIpc) is 2.54. The zero-order valence-electron chi connectivity index (χ0n) is 9.82. The monoisotopic (exact) mass is 238 g/mol. The zero-order valence-corrected chi connectivity index (χ0v) is 10.6. The lowest BCUT2D eigenvalue weighted by Gasteiger charge is -2.21. The predicted octanol–water partition coefficient (Wildman–Crippen LogP) is 3.75. The largest absolute Gasteiger partial charge is 0.357 e. The Balaban J connectivity index is 2.04. The molecule has 0 spiro atoms. The first-order valence-corrected chi connectivity index (χ1v) is 6.55. The molecule has 1 aromatic rings. The van der Waals surface area contributed by atoms with Crippen LogP contribution in [0.2, 0.25) is 5.15 Å². The van der Waals surface area contributed by atoms with Crippen LogP contribution < -0.4 is 4.90 Å². The van der Waals surface area contributed by atoms with E-state index in [1.54, 1.807) is 0 Å². The van der Waals surface area contributed by atoms with Crippen molar-refractivity contribution in [1.29, 1.82) is 0 Å². The van der Waals surface area contributed by atoms with E-state index in [1.807, 2.05) is 12.1 Å². The molecule has 1 aliphatic heterocycles. The van der Waals surface area contributed by atoms with Crippen molar-refractivity contribution in [3.8, 4) is 0 Å². The van der Waals surface area contributed by atoms with Crippen LogP contribution in [0.3, 0.4) is 0 Å². The maximum Gasteiger partial charge on any atom is 0.131 e. The van der Waals surface area contributed by atoms with Crippen molar-refractivity contribution in [2.24, 2.45) is 5.92 Å². The van der Waals surface area contributed by atoms with Gasteiger partial charge in [0.15, 0.2) is 0 Å². The van der Waals surface area contributed by atoms with Crippen molar-refractivity contribution >= 4 is 17.4 Å². The molecule has 0 radical (unpaired) electrons. The summed E-state index contributed by atoms with van der Waals surface area (Å²) in [6.07, 6.45) is 5.21. The van der Waals surface area contributed by atoms with Gasteiger partial charge in [0.1, 0.15) is 11.0 Å². The molecule has 1 saturated heterocycles. The number of nitrogens with zero attached hydrogens (tertiary/aromatic N) is 2. The Kier molecular flexibility index (Phi) is 4.05. The van der Waals surface area contributed by atoms with Crippen LogP contribution in [0.15, 0.2) is 18.2 Å². The van der Waals surface area contributed by atoms with E-state index in [4.69, 9.17) is 11.6 Å². The van der Waals surface area contributed by atoms with Crippen LogP contribution in [0.4, 0.5) is 5.82 Å². The van der Waals surface area contributed by atoms with Crippen molar-refractivity contribution in [3.05, 3.63) is 23.4 Å². The molecule has 0 N–H and O–H groups in total. The molecular formula is C13H19ClN2. The van der Waals surface area contributed by atoms with Gasteiger partial charge in [-0.25, -0.2) is 4.98 Å². The first kappa shape index (κ1) is 11.7. The predicted molar refractivity (Wildman–Crippen MR) is 69.1 cm³/mol. The Morgan fingerprint density at radius 3 is 3.00 bits per heavy atom. The first-order chi connectivity index (χ1) is 7.79. The highest BCUT2D eigenvalue weighted by Crippen LogP contribution is 2.23. The van der Waals surface area contributed by atoms with Crippen LogP contribution in [0.25, 0.3) is 0 Å². The Morgan fingerprint density at radius 2 is 2.25 bits per heavy atom. The quantitative estimate of drug-likeness (QED) is 0.730. The third-order valence-corrected chi connectivity index (χ3v) is 3.66. The van der Waals surface area contributed by atoms with E-state index >= 15 is 0 Å². The summed E-state index contributed by atoms with van der Waals surface area (Å²) >= 11 is 5.92. The third kappa shape index (κ3) is 2.88. The minimum atomic E-state index is 0.591. The molecule has 1 unspecified atom stereocenters. The minimum absolute atomic E-state index is 0.591. The summed E-state index contributed by atoms with van der Waals surface area (Å²) < 4.78 is 0. The number of halogens is 1. The van der Waals surface area contributed by atoms with Crippen LogP contribution in [0.1, 0.15) is 32.6 Å². The summed E-state index contributed by atoms with van der Waals surface area (Å²) in [4.78, 5) is 6.74. The fourth-order valence-corrected chi connectivity index (χ4v) is 2.54. The molecule has 2 heterocycles. The van der Waals surface area contributed by atoms with Crippen LogP contribution in [-0.2, 0) is 0 Å². The van der Waals surface area contributed by atoms with E-state index < -0.39 is 0 Å². The highest BCUT2D eigenvalue weighted by atomic mass is 35.5. The van der Waals surface area contributed by atoms with Gasteiger partial charge in [0.2, 0.25) is 0 Å². The number of pyridine rings is 1. The highest BCUT2D eigenvalue weighted by molar-refractivity contribution is 6.29. The molecule has 0 saturated carbocycles. The summed E-state index contributed by atoms with van der Waals surface area (Å²) in [6.45, 7) is 4.52. The second kappa shape index (κ2) is 5.53. The lowest BCUT2D eigenvalue weighted by atomic mass is 9.98.